The van der Waals surface area contributed by atoms with E-state index in [1.54, 1.807) is 42.2 Å². The fraction of sp³-hybridized carbons (Fsp3) is 0.556. The summed E-state index contributed by atoms with van der Waals surface area (Å²) in [5.41, 5.74) is 0.517. The van der Waals surface area contributed by atoms with Gasteiger partial charge in [-0.05, 0) is 12.1 Å². The van der Waals surface area contributed by atoms with Gasteiger partial charge in [-0.15, -0.1) is 0 Å². The van der Waals surface area contributed by atoms with Gasteiger partial charge < -0.3 is 29.3 Å². The molecule has 8 nitrogen and oxygen atoms in total. The molecule has 0 bridgehead atoms. The predicted molar refractivity (Wildman–Crippen MR) is 94.6 cm³/mol. The Morgan fingerprint density at radius 3 is 2.19 bits per heavy atom. The first kappa shape index (κ1) is 18.5. The zero-order valence-corrected chi connectivity index (χ0v) is 15.2. The molecule has 2 heterocycles. The van der Waals surface area contributed by atoms with E-state index in [2.05, 4.69) is 5.32 Å². The van der Waals surface area contributed by atoms with Crippen LogP contribution in [0.5, 0.6) is 11.5 Å². The Hall–Kier alpha value is -2.32. The van der Waals surface area contributed by atoms with Gasteiger partial charge in [-0.1, -0.05) is 0 Å². The number of hydrogen-bond donors (Lipinski definition) is 1. The van der Waals surface area contributed by atoms with Gasteiger partial charge in [0.05, 0.1) is 27.4 Å². The third-order valence-corrected chi connectivity index (χ3v) is 4.70. The van der Waals surface area contributed by atoms with Crippen molar-refractivity contribution in [2.45, 2.75) is 6.04 Å². The summed E-state index contributed by atoms with van der Waals surface area (Å²) in [5, 5.41) is 3.18. The molecule has 2 saturated heterocycles. The van der Waals surface area contributed by atoms with E-state index >= 15 is 0 Å². The van der Waals surface area contributed by atoms with Crippen LogP contribution in [0.25, 0.3) is 0 Å². The van der Waals surface area contributed by atoms with Crippen LogP contribution in [-0.2, 0) is 9.53 Å². The summed E-state index contributed by atoms with van der Waals surface area (Å²) in [4.78, 5) is 28.9. The van der Waals surface area contributed by atoms with Crippen LogP contribution in [0.3, 0.4) is 0 Å². The summed E-state index contributed by atoms with van der Waals surface area (Å²) in [7, 11) is 3.10. The van der Waals surface area contributed by atoms with Crippen molar-refractivity contribution in [1.29, 1.82) is 0 Å². The summed E-state index contributed by atoms with van der Waals surface area (Å²) in [6.45, 7) is 3.76. The molecule has 142 valence electrons. The van der Waals surface area contributed by atoms with Crippen LogP contribution in [0, 0.1) is 0 Å². The summed E-state index contributed by atoms with van der Waals surface area (Å²) in [5.74, 6) is 1.10. The maximum atomic E-state index is 12.8. The molecule has 1 atom stereocenters. The average molecular weight is 363 g/mol. The molecule has 2 amide bonds. The number of carbonyl (C=O) groups excluding carboxylic acids is 2. The maximum Gasteiger partial charge on any atom is 0.254 e. The molecule has 1 N–H and O–H groups in total. The number of methoxy groups -OCH3 is 2. The van der Waals surface area contributed by atoms with E-state index in [4.69, 9.17) is 14.2 Å². The van der Waals surface area contributed by atoms with Crippen molar-refractivity contribution >= 4 is 11.8 Å². The zero-order valence-electron chi connectivity index (χ0n) is 15.2. The fourth-order valence-electron chi connectivity index (χ4n) is 3.19. The number of carbonyl (C=O) groups is 2. The van der Waals surface area contributed by atoms with Crippen LogP contribution in [0.1, 0.15) is 10.4 Å². The molecular formula is C18H25N3O5. The maximum absolute atomic E-state index is 12.8. The molecule has 26 heavy (non-hydrogen) atoms. The molecule has 0 radical (unpaired) electrons. The Bertz CT molecular complexity index is 630. The first-order valence-electron chi connectivity index (χ1n) is 8.74. The third-order valence-electron chi connectivity index (χ3n) is 4.70. The van der Waals surface area contributed by atoms with Crippen LogP contribution in [0.15, 0.2) is 18.2 Å². The zero-order chi connectivity index (χ0) is 18.5. The molecule has 0 spiro atoms. The minimum absolute atomic E-state index is 0.0415. The van der Waals surface area contributed by atoms with Crippen LogP contribution in [0.2, 0.25) is 0 Å². The summed E-state index contributed by atoms with van der Waals surface area (Å²) in [6, 6.07) is 4.85. The van der Waals surface area contributed by atoms with Crippen molar-refractivity contribution in [3.05, 3.63) is 23.8 Å². The van der Waals surface area contributed by atoms with E-state index in [-0.39, 0.29) is 17.9 Å². The standard InChI is InChI=1S/C18H25N3O5/c1-24-14-9-13(10-15(11-14)25-2)17(22)20-4-6-21(7-5-20)18(23)16-12-26-8-3-19-16/h9-11,16,19H,3-8,12H2,1-2H3. The number of morpholine rings is 1. The number of benzene rings is 1. The van der Waals surface area contributed by atoms with Crippen LogP contribution < -0.4 is 14.8 Å². The first-order chi connectivity index (χ1) is 12.6. The van der Waals surface area contributed by atoms with Gasteiger partial charge in [0.2, 0.25) is 5.91 Å². The highest BCUT2D eigenvalue weighted by Gasteiger charge is 2.30. The van der Waals surface area contributed by atoms with Crippen LogP contribution in [0.4, 0.5) is 0 Å². The summed E-state index contributed by atoms with van der Waals surface area (Å²) in [6.07, 6.45) is 0. The highest BCUT2D eigenvalue weighted by molar-refractivity contribution is 5.95. The van der Waals surface area contributed by atoms with E-state index < -0.39 is 0 Å². The van der Waals surface area contributed by atoms with Gasteiger partial charge in [-0.2, -0.15) is 0 Å². The van der Waals surface area contributed by atoms with Gasteiger partial charge in [0.15, 0.2) is 0 Å². The number of piperazine rings is 1. The Labute approximate surface area is 153 Å². The molecule has 3 rings (SSSR count). The van der Waals surface area contributed by atoms with Gasteiger partial charge >= 0.3 is 0 Å². The second-order valence-corrected chi connectivity index (χ2v) is 6.30. The molecule has 1 aromatic rings. The van der Waals surface area contributed by atoms with E-state index in [1.807, 2.05) is 0 Å². The Morgan fingerprint density at radius 2 is 1.65 bits per heavy atom. The number of amides is 2. The molecule has 0 saturated carbocycles. The number of nitrogens with one attached hydrogen (secondary N) is 1. The number of hydrogen-bond acceptors (Lipinski definition) is 6. The molecule has 0 aromatic heterocycles. The molecule has 0 aliphatic carbocycles. The monoisotopic (exact) mass is 363 g/mol. The van der Waals surface area contributed by atoms with Crippen molar-refractivity contribution in [2.75, 3.05) is 60.2 Å². The number of ether oxygens (including phenoxy) is 3. The van der Waals surface area contributed by atoms with Crippen molar-refractivity contribution in [2.24, 2.45) is 0 Å². The number of rotatable bonds is 4. The quantitative estimate of drug-likeness (QED) is 0.810. The average Bonchev–Trinajstić information content (AvgIpc) is 2.73. The predicted octanol–water partition coefficient (Wildman–Crippen LogP) is -0.0234. The highest BCUT2D eigenvalue weighted by Crippen LogP contribution is 2.23. The Balaban J connectivity index is 1.60. The van der Waals surface area contributed by atoms with Crippen LogP contribution in [-0.4, -0.2) is 87.8 Å². The lowest BCUT2D eigenvalue weighted by Gasteiger charge is -2.37. The lowest BCUT2D eigenvalue weighted by atomic mass is 10.1. The molecule has 2 fully saturated rings. The summed E-state index contributed by atoms with van der Waals surface area (Å²) < 4.78 is 15.8. The lowest BCUT2D eigenvalue weighted by Crippen LogP contribution is -2.57. The van der Waals surface area contributed by atoms with Gasteiger partial charge in [-0.25, -0.2) is 0 Å². The summed E-state index contributed by atoms with van der Waals surface area (Å²) >= 11 is 0. The van der Waals surface area contributed by atoms with Crippen molar-refractivity contribution in [1.82, 2.24) is 15.1 Å². The van der Waals surface area contributed by atoms with E-state index in [1.165, 1.54) is 0 Å². The largest absolute Gasteiger partial charge is 0.497 e. The topological polar surface area (TPSA) is 80.3 Å². The van der Waals surface area contributed by atoms with E-state index in [0.717, 1.165) is 0 Å². The van der Waals surface area contributed by atoms with Crippen molar-refractivity contribution < 1.29 is 23.8 Å². The molecule has 2 aliphatic heterocycles. The Kier molecular flexibility index (Phi) is 5.95. The van der Waals surface area contributed by atoms with E-state index in [0.29, 0.717) is 63.0 Å². The second kappa shape index (κ2) is 8.37. The second-order valence-electron chi connectivity index (χ2n) is 6.30. The SMILES string of the molecule is COc1cc(OC)cc(C(=O)N2CCN(C(=O)C3COCCN3)CC2)c1. The van der Waals surface area contributed by atoms with E-state index in [9.17, 15) is 9.59 Å². The third kappa shape index (κ3) is 4.08. The van der Waals surface area contributed by atoms with Crippen molar-refractivity contribution in [3.63, 3.8) is 0 Å². The number of nitrogens with zero attached hydrogens (tertiary/aromatic N) is 2. The molecule has 1 unspecified atom stereocenters. The highest BCUT2D eigenvalue weighted by atomic mass is 16.5. The molecule has 1 aromatic carbocycles. The minimum atomic E-state index is -0.284. The van der Waals surface area contributed by atoms with Gasteiger partial charge in [0.25, 0.3) is 5.91 Å². The molecular weight excluding hydrogens is 338 g/mol. The van der Waals surface area contributed by atoms with Gasteiger partial charge in [0.1, 0.15) is 17.5 Å². The van der Waals surface area contributed by atoms with Gasteiger partial charge in [0, 0.05) is 44.4 Å². The minimum Gasteiger partial charge on any atom is -0.497 e. The Morgan fingerprint density at radius 1 is 1.04 bits per heavy atom. The lowest BCUT2D eigenvalue weighted by molar-refractivity contribution is -0.137. The first-order valence-corrected chi connectivity index (χ1v) is 8.74. The fourth-order valence-corrected chi connectivity index (χ4v) is 3.19. The van der Waals surface area contributed by atoms with Crippen molar-refractivity contribution in [3.8, 4) is 11.5 Å². The van der Waals surface area contributed by atoms with Gasteiger partial charge in [-0.3, -0.25) is 9.59 Å². The van der Waals surface area contributed by atoms with Crippen LogP contribution >= 0.6 is 0 Å². The normalized spacial score (nSPS) is 20.6. The molecule has 2 aliphatic rings. The smallest absolute Gasteiger partial charge is 0.254 e. The molecule has 8 heteroatoms.